The number of morpholine rings is 1. The number of ether oxygens (including phenoxy) is 2. The molecule has 2 atom stereocenters. The molecule has 0 spiro atoms. The fraction of sp³-hybridized carbons (Fsp3) is 0.444. The van der Waals surface area contributed by atoms with E-state index in [2.05, 4.69) is 4.98 Å². The molecule has 2 fully saturated rings. The zero-order valence-electron chi connectivity index (χ0n) is 20.2. The van der Waals surface area contributed by atoms with Gasteiger partial charge in [-0.2, -0.15) is 0 Å². The number of fused-ring (bicyclic) bond motifs is 1. The molecule has 0 bridgehead atoms. The number of hydrogen-bond donors (Lipinski definition) is 0. The smallest absolute Gasteiger partial charge is 0.224 e. The number of aromatic nitrogens is 2. The van der Waals surface area contributed by atoms with Gasteiger partial charge in [0.05, 0.1) is 30.6 Å². The van der Waals surface area contributed by atoms with Crippen molar-refractivity contribution in [3.63, 3.8) is 0 Å². The largest absolute Gasteiger partial charge is 0.490 e. The van der Waals surface area contributed by atoms with Crippen molar-refractivity contribution < 1.29 is 23.5 Å². The van der Waals surface area contributed by atoms with Crippen molar-refractivity contribution in [2.45, 2.75) is 31.9 Å². The molecule has 0 unspecified atom stereocenters. The van der Waals surface area contributed by atoms with Gasteiger partial charge in [0, 0.05) is 57.9 Å². The maximum absolute atomic E-state index is 13.4. The Kier molecular flexibility index (Phi) is 7.46. The quantitative estimate of drug-likeness (QED) is 0.505. The van der Waals surface area contributed by atoms with Crippen molar-refractivity contribution in [1.82, 2.24) is 19.4 Å². The topological polar surface area (TPSA) is 76.9 Å². The lowest BCUT2D eigenvalue weighted by Crippen LogP contribution is -2.50. The summed E-state index contributed by atoms with van der Waals surface area (Å²) in [4.78, 5) is 34.3. The average Bonchev–Trinajstić information content (AvgIpc) is 3.33. The second-order valence-corrected chi connectivity index (χ2v) is 9.37. The summed E-state index contributed by atoms with van der Waals surface area (Å²) in [5, 5.41) is 0. The summed E-state index contributed by atoms with van der Waals surface area (Å²) >= 11 is 0. The maximum atomic E-state index is 13.4. The number of likely N-dealkylation sites (tertiary alicyclic amines) is 1. The molecule has 36 heavy (non-hydrogen) atoms. The first-order valence-corrected chi connectivity index (χ1v) is 12.5. The van der Waals surface area contributed by atoms with Crippen LogP contribution in [0.2, 0.25) is 0 Å². The van der Waals surface area contributed by atoms with Crippen LogP contribution in [-0.2, 0) is 20.9 Å². The molecule has 2 aliphatic heterocycles. The number of aryl methyl sites for hydroxylation is 1. The Morgan fingerprint density at radius 3 is 2.58 bits per heavy atom. The number of amides is 2. The minimum atomic E-state index is -0.326. The van der Waals surface area contributed by atoms with Crippen LogP contribution in [0.25, 0.3) is 11.0 Å². The van der Waals surface area contributed by atoms with Crippen LogP contribution in [0.15, 0.2) is 54.9 Å². The maximum Gasteiger partial charge on any atom is 0.224 e. The molecule has 5 rings (SSSR count). The molecule has 1 aromatic heterocycles. The zero-order valence-corrected chi connectivity index (χ0v) is 20.2. The molecule has 0 radical (unpaired) electrons. The Labute approximate surface area is 209 Å². The predicted octanol–water partition coefficient (Wildman–Crippen LogP) is 3.11. The number of piperidine rings is 1. The summed E-state index contributed by atoms with van der Waals surface area (Å²) in [5.74, 6) is 0.189. The lowest BCUT2D eigenvalue weighted by atomic mass is 9.90. The molecule has 8 nitrogen and oxygen atoms in total. The monoisotopic (exact) mass is 494 g/mol. The van der Waals surface area contributed by atoms with E-state index in [0.29, 0.717) is 70.9 Å². The number of hydrogen-bond acceptors (Lipinski definition) is 5. The summed E-state index contributed by atoms with van der Waals surface area (Å²) < 4.78 is 26.9. The molecule has 190 valence electrons. The summed E-state index contributed by atoms with van der Waals surface area (Å²) in [6.45, 7) is 3.79. The van der Waals surface area contributed by atoms with Gasteiger partial charge >= 0.3 is 0 Å². The van der Waals surface area contributed by atoms with Crippen molar-refractivity contribution in [2.24, 2.45) is 5.92 Å². The number of benzene rings is 2. The summed E-state index contributed by atoms with van der Waals surface area (Å²) in [6.07, 6.45) is 2.79. The molecule has 2 aromatic carbocycles. The molecular formula is C27H31FN4O4. The van der Waals surface area contributed by atoms with Crippen LogP contribution < -0.4 is 4.74 Å². The Hall–Kier alpha value is -3.46. The second kappa shape index (κ2) is 11.1. The average molecular weight is 495 g/mol. The van der Waals surface area contributed by atoms with Crippen LogP contribution in [0, 0.1) is 11.7 Å². The Balaban J connectivity index is 1.24. The third-order valence-corrected chi connectivity index (χ3v) is 7.01. The van der Waals surface area contributed by atoms with Gasteiger partial charge in [-0.1, -0.05) is 12.1 Å². The van der Waals surface area contributed by atoms with Gasteiger partial charge in [0.2, 0.25) is 11.8 Å². The van der Waals surface area contributed by atoms with E-state index >= 15 is 0 Å². The van der Waals surface area contributed by atoms with E-state index in [1.54, 1.807) is 18.5 Å². The molecule has 3 aromatic rings. The van der Waals surface area contributed by atoms with Crippen molar-refractivity contribution in [1.29, 1.82) is 0 Å². The predicted molar refractivity (Wildman–Crippen MR) is 132 cm³/mol. The van der Waals surface area contributed by atoms with Crippen molar-refractivity contribution >= 4 is 22.8 Å². The fourth-order valence-corrected chi connectivity index (χ4v) is 5.01. The van der Waals surface area contributed by atoms with Gasteiger partial charge in [-0.15, -0.1) is 0 Å². The highest BCUT2D eigenvalue weighted by Gasteiger charge is 2.35. The van der Waals surface area contributed by atoms with Crippen molar-refractivity contribution in [2.75, 3.05) is 39.4 Å². The number of carbonyl (C=O) groups is 2. The Morgan fingerprint density at radius 1 is 1.00 bits per heavy atom. The number of halogens is 1. The first-order valence-electron chi connectivity index (χ1n) is 12.5. The zero-order chi connectivity index (χ0) is 24.9. The van der Waals surface area contributed by atoms with Crippen LogP contribution in [0.4, 0.5) is 4.39 Å². The summed E-state index contributed by atoms with van der Waals surface area (Å²) in [5.41, 5.74) is 1.91. The minimum absolute atomic E-state index is 0.0511. The van der Waals surface area contributed by atoms with Crippen molar-refractivity contribution in [3.05, 3.63) is 60.7 Å². The standard InChI is InChI=1S/C27H31FN4O4/c28-21-5-7-22(8-6-21)36-25-9-11-31(18-20(25)17-27(34)30-13-15-35-16-14-30)26(33)10-12-32-19-29-23-3-1-2-4-24(23)32/h1-8,19-20,25H,9-18H2/t20-,25-/m0/s1. The highest BCUT2D eigenvalue weighted by molar-refractivity contribution is 5.79. The van der Waals surface area contributed by atoms with Crippen LogP contribution in [0.5, 0.6) is 5.75 Å². The van der Waals surface area contributed by atoms with Gasteiger partial charge in [-0.25, -0.2) is 9.37 Å². The van der Waals surface area contributed by atoms with E-state index in [1.807, 2.05) is 38.6 Å². The van der Waals surface area contributed by atoms with E-state index in [9.17, 15) is 14.0 Å². The SMILES string of the molecule is O=C(C[C@H]1CN(C(=O)CCn2cnc3ccccc32)CC[C@@H]1Oc1ccc(F)cc1)N1CCOCC1. The number of imidazole rings is 1. The van der Waals surface area contributed by atoms with Gasteiger partial charge in [0.25, 0.3) is 0 Å². The molecule has 0 aliphatic carbocycles. The molecule has 2 aliphatic rings. The number of nitrogens with zero attached hydrogens (tertiary/aromatic N) is 4. The molecule has 9 heteroatoms. The molecule has 3 heterocycles. The van der Waals surface area contributed by atoms with Gasteiger partial charge in [-0.3, -0.25) is 9.59 Å². The molecular weight excluding hydrogens is 463 g/mol. The molecule has 2 amide bonds. The van der Waals surface area contributed by atoms with E-state index in [1.165, 1.54) is 12.1 Å². The van der Waals surface area contributed by atoms with Crippen LogP contribution >= 0.6 is 0 Å². The first kappa shape index (κ1) is 24.2. The van der Waals surface area contributed by atoms with E-state index in [-0.39, 0.29) is 29.7 Å². The number of rotatable bonds is 7. The van der Waals surface area contributed by atoms with E-state index in [4.69, 9.17) is 9.47 Å². The number of carbonyl (C=O) groups excluding carboxylic acids is 2. The fourth-order valence-electron chi connectivity index (χ4n) is 5.01. The first-order chi connectivity index (χ1) is 17.6. The second-order valence-electron chi connectivity index (χ2n) is 9.37. The molecule has 2 saturated heterocycles. The van der Waals surface area contributed by atoms with Crippen molar-refractivity contribution in [3.8, 4) is 5.75 Å². The van der Waals surface area contributed by atoms with Gasteiger partial charge < -0.3 is 23.8 Å². The summed E-state index contributed by atoms with van der Waals surface area (Å²) in [7, 11) is 0. The Bertz CT molecular complexity index is 1190. The van der Waals surface area contributed by atoms with Gasteiger partial charge in [0.1, 0.15) is 17.7 Å². The lowest BCUT2D eigenvalue weighted by molar-refractivity contribution is -0.141. The molecule has 0 saturated carbocycles. The minimum Gasteiger partial charge on any atom is -0.490 e. The number of para-hydroxylation sites is 2. The molecule has 0 N–H and O–H groups in total. The van der Waals surface area contributed by atoms with Crippen LogP contribution in [0.3, 0.4) is 0 Å². The highest BCUT2D eigenvalue weighted by atomic mass is 19.1. The van der Waals surface area contributed by atoms with Crippen LogP contribution in [0.1, 0.15) is 19.3 Å². The van der Waals surface area contributed by atoms with Crippen LogP contribution in [-0.4, -0.2) is 76.7 Å². The highest BCUT2D eigenvalue weighted by Crippen LogP contribution is 2.27. The Morgan fingerprint density at radius 2 is 1.78 bits per heavy atom. The third kappa shape index (κ3) is 5.67. The summed E-state index contributed by atoms with van der Waals surface area (Å²) in [6, 6.07) is 13.8. The van der Waals surface area contributed by atoms with Gasteiger partial charge in [0.15, 0.2) is 0 Å². The van der Waals surface area contributed by atoms with Gasteiger partial charge in [-0.05, 0) is 36.4 Å². The van der Waals surface area contributed by atoms with E-state index in [0.717, 1.165) is 11.0 Å². The van der Waals surface area contributed by atoms with E-state index < -0.39 is 0 Å². The lowest BCUT2D eigenvalue weighted by Gasteiger charge is -2.39. The third-order valence-electron chi connectivity index (χ3n) is 7.01. The normalized spacial score (nSPS) is 20.5.